The summed E-state index contributed by atoms with van der Waals surface area (Å²) >= 11 is 0. The Morgan fingerprint density at radius 3 is 1.44 bits per heavy atom. The summed E-state index contributed by atoms with van der Waals surface area (Å²) in [5, 5.41) is 0. The van der Waals surface area contributed by atoms with Crippen molar-refractivity contribution in [1.82, 2.24) is 9.80 Å². The molecule has 0 saturated carbocycles. The van der Waals surface area contributed by atoms with Crippen molar-refractivity contribution in [3.05, 3.63) is 0 Å². The zero-order valence-corrected chi connectivity index (χ0v) is 12.3. The monoisotopic (exact) mass is 228 g/mol. The Morgan fingerprint density at radius 2 is 1.06 bits per heavy atom. The lowest BCUT2D eigenvalue weighted by Gasteiger charge is -2.37. The quantitative estimate of drug-likeness (QED) is 0.629. The maximum absolute atomic E-state index is 2.49. The summed E-state index contributed by atoms with van der Waals surface area (Å²) in [6.07, 6.45) is 4.29. The summed E-state index contributed by atoms with van der Waals surface area (Å²) in [6.45, 7) is 13.3. The Bertz CT molecular complexity index is 160. The van der Waals surface area contributed by atoms with Crippen LogP contribution in [-0.4, -0.2) is 50.1 Å². The molecular formula is C14H32N2. The lowest BCUT2D eigenvalue weighted by atomic mass is 9.78. The van der Waals surface area contributed by atoms with Crippen molar-refractivity contribution in [2.45, 2.75) is 47.0 Å². The average molecular weight is 228 g/mol. The molecule has 0 unspecified atom stereocenters. The number of hydrogen-bond acceptors (Lipinski definition) is 2. The van der Waals surface area contributed by atoms with Crippen molar-refractivity contribution in [3.8, 4) is 0 Å². The van der Waals surface area contributed by atoms with Gasteiger partial charge in [-0.15, -0.1) is 0 Å². The lowest BCUT2D eigenvalue weighted by Crippen LogP contribution is -2.39. The summed E-state index contributed by atoms with van der Waals surface area (Å²) in [5.41, 5.74) is 0.710. The Hall–Kier alpha value is -0.0800. The van der Waals surface area contributed by atoms with Crippen molar-refractivity contribution in [1.29, 1.82) is 0 Å². The first kappa shape index (κ1) is 15.9. The van der Waals surface area contributed by atoms with Gasteiger partial charge in [-0.25, -0.2) is 0 Å². The van der Waals surface area contributed by atoms with E-state index >= 15 is 0 Å². The highest BCUT2D eigenvalue weighted by Crippen LogP contribution is 2.39. The molecule has 2 saturated heterocycles. The minimum atomic E-state index is 0.710. The van der Waals surface area contributed by atoms with Gasteiger partial charge < -0.3 is 9.80 Å². The molecule has 0 radical (unpaired) electrons. The second kappa shape index (κ2) is 8.08. The van der Waals surface area contributed by atoms with Crippen molar-refractivity contribution in [3.63, 3.8) is 0 Å². The second-order valence-corrected chi connectivity index (χ2v) is 4.79. The molecule has 2 aliphatic heterocycles. The first-order valence-corrected chi connectivity index (χ1v) is 7.07. The van der Waals surface area contributed by atoms with E-state index in [-0.39, 0.29) is 0 Å². The van der Waals surface area contributed by atoms with Gasteiger partial charge in [0.05, 0.1) is 0 Å². The highest BCUT2D eigenvalue weighted by Gasteiger charge is 2.38. The van der Waals surface area contributed by atoms with E-state index < -0.39 is 0 Å². The zero-order chi connectivity index (χ0) is 12.6. The largest absolute Gasteiger partial charge is 0.306 e. The van der Waals surface area contributed by atoms with Crippen LogP contribution in [0.2, 0.25) is 0 Å². The van der Waals surface area contributed by atoms with Gasteiger partial charge in [-0.05, 0) is 58.4 Å². The molecule has 0 atom stereocenters. The second-order valence-electron chi connectivity index (χ2n) is 4.79. The van der Waals surface area contributed by atoms with Crippen LogP contribution in [0.3, 0.4) is 0 Å². The highest BCUT2D eigenvalue weighted by atomic mass is 15.2. The number of nitrogens with zero attached hydrogens (tertiary/aromatic N) is 2. The Morgan fingerprint density at radius 1 is 0.688 bits per heavy atom. The Labute approximate surface area is 103 Å². The van der Waals surface area contributed by atoms with Crippen LogP contribution in [-0.2, 0) is 0 Å². The van der Waals surface area contributed by atoms with Crippen molar-refractivity contribution in [2.24, 2.45) is 5.41 Å². The van der Waals surface area contributed by atoms with E-state index in [9.17, 15) is 0 Å². The summed E-state index contributed by atoms with van der Waals surface area (Å²) in [7, 11) is 4.50. The van der Waals surface area contributed by atoms with Crippen LogP contribution >= 0.6 is 0 Å². The number of likely N-dealkylation sites (tertiary alicyclic amines) is 2. The predicted molar refractivity (Wildman–Crippen MR) is 74.0 cm³/mol. The summed E-state index contributed by atoms with van der Waals surface area (Å²) in [6, 6.07) is 0. The third-order valence-electron chi connectivity index (χ3n) is 3.68. The van der Waals surface area contributed by atoms with Gasteiger partial charge in [0.25, 0.3) is 0 Å². The lowest BCUT2D eigenvalue weighted by molar-refractivity contribution is 0.130. The van der Waals surface area contributed by atoms with Crippen LogP contribution in [0.1, 0.15) is 47.0 Å². The van der Waals surface area contributed by atoms with Crippen LogP contribution in [0, 0.1) is 5.41 Å². The molecule has 2 heterocycles. The molecule has 0 aromatic rings. The maximum atomic E-state index is 2.49. The SMILES string of the molecule is CC.CC.CN1CCC2(CC1)CCN(C)C2. The van der Waals surface area contributed by atoms with Crippen LogP contribution in [0.4, 0.5) is 0 Å². The molecule has 16 heavy (non-hydrogen) atoms. The number of rotatable bonds is 0. The standard InChI is InChI=1S/C10H20N2.2C2H6/c1-11-6-3-10(4-7-11)5-8-12(2)9-10;2*1-2/h3-9H2,1-2H3;2*1-2H3. The molecule has 0 bridgehead atoms. The molecule has 0 aliphatic carbocycles. The third kappa shape index (κ3) is 4.42. The molecule has 2 nitrogen and oxygen atoms in total. The van der Waals surface area contributed by atoms with Gasteiger partial charge in [-0.2, -0.15) is 0 Å². The third-order valence-corrected chi connectivity index (χ3v) is 3.68. The molecule has 0 aromatic heterocycles. The van der Waals surface area contributed by atoms with E-state index in [1.54, 1.807) is 0 Å². The van der Waals surface area contributed by atoms with E-state index in [1.165, 1.54) is 45.4 Å². The smallest absolute Gasteiger partial charge is 0.00364 e. The maximum Gasteiger partial charge on any atom is 0.00364 e. The molecule has 2 heteroatoms. The van der Waals surface area contributed by atoms with Crippen LogP contribution in [0.15, 0.2) is 0 Å². The minimum absolute atomic E-state index is 0.710. The van der Waals surface area contributed by atoms with Crippen LogP contribution < -0.4 is 0 Å². The highest BCUT2D eigenvalue weighted by molar-refractivity contribution is 4.92. The van der Waals surface area contributed by atoms with Crippen molar-refractivity contribution < 1.29 is 0 Å². The van der Waals surface area contributed by atoms with Gasteiger partial charge in [-0.3, -0.25) is 0 Å². The fraction of sp³-hybridized carbons (Fsp3) is 1.00. The van der Waals surface area contributed by atoms with E-state index in [4.69, 9.17) is 0 Å². The average Bonchev–Trinajstić information content (AvgIpc) is 2.71. The fourth-order valence-electron chi connectivity index (χ4n) is 2.66. The Balaban J connectivity index is 0.000000509. The zero-order valence-electron chi connectivity index (χ0n) is 12.3. The molecule has 2 fully saturated rings. The molecule has 0 amide bonds. The van der Waals surface area contributed by atoms with E-state index in [0.717, 1.165) is 0 Å². The fourth-order valence-corrected chi connectivity index (χ4v) is 2.66. The van der Waals surface area contributed by atoms with E-state index in [0.29, 0.717) is 5.41 Å². The van der Waals surface area contributed by atoms with Gasteiger partial charge in [0.15, 0.2) is 0 Å². The summed E-state index contributed by atoms with van der Waals surface area (Å²) in [5.74, 6) is 0. The van der Waals surface area contributed by atoms with Crippen molar-refractivity contribution >= 4 is 0 Å². The first-order valence-electron chi connectivity index (χ1n) is 7.07. The molecule has 0 N–H and O–H groups in total. The van der Waals surface area contributed by atoms with Gasteiger partial charge in [-0.1, -0.05) is 27.7 Å². The van der Waals surface area contributed by atoms with Crippen molar-refractivity contribution in [2.75, 3.05) is 40.3 Å². The normalized spacial score (nSPS) is 24.4. The van der Waals surface area contributed by atoms with Crippen LogP contribution in [0.25, 0.3) is 0 Å². The summed E-state index contributed by atoms with van der Waals surface area (Å²) < 4.78 is 0. The van der Waals surface area contributed by atoms with Gasteiger partial charge in [0, 0.05) is 6.54 Å². The van der Waals surface area contributed by atoms with Gasteiger partial charge >= 0.3 is 0 Å². The van der Waals surface area contributed by atoms with Gasteiger partial charge in [0.2, 0.25) is 0 Å². The van der Waals surface area contributed by atoms with Crippen LogP contribution in [0.5, 0.6) is 0 Å². The molecule has 98 valence electrons. The number of piperidine rings is 1. The van der Waals surface area contributed by atoms with E-state index in [2.05, 4.69) is 23.9 Å². The van der Waals surface area contributed by atoms with E-state index in [1.807, 2.05) is 27.7 Å². The first-order chi connectivity index (χ1) is 7.70. The molecule has 2 aliphatic rings. The summed E-state index contributed by atoms with van der Waals surface area (Å²) in [4.78, 5) is 4.95. The number of hydrogen-bond donors (Lipinski definition) is 0. The predicted octanol–water partition coefficient (Wildman–Crippen LogP) is 3.09. The topological polar surface area (TPSA) is 6.48 Å². The van der Waals surface area contributed by atoms with Gasteiger partial charge in [0.1, 0.15) is 0 Å². The Kier molecular flexibility index (Phi) is 8.04. The molecule has 1 spiro atoms. The minimum Gasteiger partial charge on any atom is -0.306 e. The molecule has 0 aromatic carbocycles. The molecule has 2 rings (SSSR count). The molecular weight excluding hydrogens is 196 g/mol.